The van der Waals surface area contributed by atoms with Gasteiger partial charge in [0.15, 0.2) is 11.6 Å². The highest BCUT2D eigenvalue weighted by Gasteiger charge is 2.30. The van der Waals surface area contributed by atoms with Crippen molar-refractivity contribution in [3.05, 3.63) is 53.6 Å². The third-order valence-electron chi connectivity index (χ3n) is 5.71. The molecule has 0 N–H and O–H groups in total. The molecule has 0 amide bonds. The fourth-order valence-electron chi connectivity index (χ4n) is 3.77. The van der Waals surface area contributed by atoms with Crippen molar-refractivity contribution in [3.8, 4) is 11.6 Å². The molecule has 33 heavy (non-hydrogen) atoms. The summed E-state index contributed by atoms with van der Waals surface area (Å²) < 4.78 is 48.8. The molecular formula is C22H27FN6O3S. The van der Waals surface area contributed by atoms with Gasteiger partial charge in [-0.3, -0.25) is 4.57 Å². The zero-order valence-corrected chi connectivity index (χ0v) is 19.9. The van der Waals surface area contributed by atoms with E-state index in [0.717, 1.165) is 29.1 Å². The lowest BCUT2D eigenvalue weighted by molar-refractivity contribution is 0.321. The molecule has 3 heterocycles. The maximum Gasteiger partial charge on any atom is 0.243 e. The monoisotopic (exact) mass is 474 g/mol. The minimum absolute atomic E-state index is 0.0412. The summed E-state index contributed by atoms with van der Waals surface area (Å²) in [6.45, 7) is 9.22. The Kier molecular flexibility index (Phi) is 6.35. The zero-order valence-electron chi connectivity index (χ0n) is 19.1. The fraction of sp³-hybridized carbons (Fsp3) is 0.409. The molecule has 1 fully saturated rings. The first-order valence-corrected chi connectivity index (χ1v) is 12.2. The number of sulfonamides is 1. The second-order valence-electron chi connectivity index (χ2n) is 7.83. The Morgan fingerprint density at radius 1 is 1.03 bits per heavy atom. The lowest BCUT2D eigenvalue weighted by atomic mass is 10.3. The Balaban J connectivity index is 1.51. The highest BCUT2D eigenvalue weighted by Crippen LogP contribution is 2.25. The first-order chi connectivity index (χ1) is 15.7. The minimum atomic E-state index is -3.82. The molecule has 0 saturated carbocycles. The van der Waals surface area contributed by atoms with Crippen LogP contribution in [0.15, 0.2) is 35.5 Å². The fourth-order valence-corrected chi connectivity index (χ4v) is 5.21. The second-order valence-corrected chi connectivity index (χ2v) is 9.77. The van der Waals surface area contributed by atoms with Crippen LogP contribution in [0.5, 0.6) is 5.75 Å². The topological polar surface area (TPSA) is 93.5 Å². The van der Waals surface area contributed by atoms with E-state index in [9.17, 15) is 12.8 Å². The molecule has 0 unspecified atom stereocenters. The lowest BCUT2D eigenvalue weighted by Crippen LogP contribution is -2.49. The van der Waals surface area contributed by atoms with Crippen LogP contribution < -0.4 is 9.64 Å². The normalized spacial score (nSPS) is 15.1. The maximum absolute atomic E-state index is 14.2. The van der Waals surface area contributed by atoms with E-state index < -0.39 is 15.8 Å². The number of imidazole rings is 1. The standard InChI is InChI=1S/C22H27FN6O3S/c1-5-32-20-7-6-18(12-19(20)23)33(30,31)28-10-8-27(9-11-28)21-13-22(26-17(4)25-21)29-14-24-15(2)16(29)3/h6-7,12-14H,5,8-11H2,1-4H3. The SMILES string of the molecule is CCOc1ccc(S(=O)(=O)N2CCN(c3cc(-n4cnc(C)c4C)nc(C)n3)CC2)cc1F. The summed E-state index contributed by atoms with van der Waals surface area (Å²) in [5.41, 5.74) is 1.93. The van der Waals surface area contributed by atoms with Crippen LogP contribution in [0.4, 0.5) is 10.2 Å². The van der Waals surface area contributed by atoms with Gasteiger partial charge in [-0.15, -0.1) is 0 Å². The van der Waals surface area contributed by atoms with Crippen molar-refractivity contribution >= 4 is 15.8 Å². The van der Waals surface area contributed by atoms with Gasteiger partial charge in [-0.25, -0.2) is 27.8 Å². The van der Waals surface area contributed by atoms with Crippen LogP contribution in [-0.4, -0.2) is 65.0 Å². The molecule has 9 nitrogen and oxygen atoms in total. The Hall–Kier alpha value is -3.05. The van der Waals surface area contributed by atoms with Gasteiger partial charge in [0.2, 0.25) is 10.0 Å². The van der Waals surface area contributed by atoms with Gasteiger partial charge >= 0.3 is 0 Å². The van der Waals surface area contributed by atoms with Crippen molar-refractivity contribution in [1.82, 2.24) is 23.8 Å². The van der Waals surface area contributed by atoms with Crippen molar-refractivity contribution in [2.45, 2.75) is 32.6 Å². The number of hydrogen-bond donors (Lipinski definition) is 0. The van der Waals surface area contributed by atoms with E-state index >= 15 is 0 Å². The van der Waals surface area contributed by atoms with E-state index in [4.69, 9.17) is 4.74 Å². The molecule has 0 spiro atoms. The first kappa shape index (κ1) is 23.1. The van der Waals surface area contributed by atoms with Gasteiger partial charge < -0.3 is 9.64 Å². The molecule has 1 aliphatic heterocycles. The van der Waals surface area contributed by atoms with Crippen LogP contribution in [0.25, 0.3) is 5.82 Å². The van der Waals surface area contributed by atoms with Crippen LogP contribution in [0.3, 0.4) is 0 Å². The number of nitrogens with zero attached hydrogens (tertiary/aromatic N) is 6. The quantitative estimate of drug-likeness (QED) is 0.542. The Morgan fingerprint density at radius 3 is 2.33 bits per heavy atom. The number of hydrogen-bond acceptors (Lipinski definition) is 7. The summed E-state index contributed by atoms with van der Waals surface area (Å²) in [7, 11) is -3.82. The highest BCUT2D eigenvalue weighted by atomic mass is 32.2. The van der Waals surface area contributed by atoms with Gasteiger partial charge in [-0.05, 0) is 45.9 Å². The van der Waals surface area contributed by atoms with E-state index in [1.54, 1.807) is 13.3 Å². The summed E-state index contributed by atoms with van der Waals surface area (Å²) in [5.74, 6) is 1.42. The van der Waals surface area contributed by atoms with Crippen molar-refractivity contribution in [3.63, 3.8) is 0 Å². The van der Waals surface area contributed by atoms with E-state index in [1.807, 2.05) is 36.3 Å². The number of aryl methyl sites for hydroxylation is 2. The smallest absolute Gasteiger partial charge is 0.243 e. The van der Waals surface area contributed by atoms with Gasteiger partial charge in [0.25, 0.3) is 0 Å². The number of piperazine rings is 1. The number of aromatic nitrogens is 4. The van der Waals surface area contributed by atoms with Gasteiger partial charge in [-0.1, -0.05) is 0 Å². The Labute approximate surface area is 192 Å². The number of halogens is 1. The minimum Gasteiger partial charge on any atom is -0.491 e. The molecule has 0 radical (unpaired) electrons. The molecule has 1 aromatic carbocycles. The zero-order chi connectivity index (χ0) is 23.8. The van der Waals surface area contributed by atoms with Gasteiger partial charge in [-0.2, -0.15) is 4.31 Å². The van der Waals surface area contributed by atoms with Crippen LogP contribution in [0, 0.1) is 26.6 Å². The molecule has 0 atom stereocenters. The summed E-state index contributed by atoms with van der Waals surface area (Å²) in [6, 6.07) is 5.63. The maximum atomic E-state index is 14.2. The molecule has 1 aliphatic rings. The average molecular weight is 475 g/mol. The molecule has 2 aromatic heterocycles. The van der Waals surface area contributed by atoms with Gasteiger partial charge in [0, 0.05) is 37.9 Å². The summed E-state index contributed by atoms with van der Waals surface area (Å²) >= 11 is 0. The Bertz CT molecular complexity index is 1270. The largest absolute Gasteiger partial charge is 0.491 e. The van der Waals surface area contributed by atoms with Crippen LogP contribution in [-0.2, 0) is 10.0 Å². The lowest BCUT2D eigenvalue weighted by Gasteiger charge is -2.34. The predicted molar refractivity (Wildman–Crippen MR) is 122 cm³/mol. The van der Waals surface area contributed by atoms with Crippen LogP contribution >= 0.6 is 0 Å². The predicted octanol–water partition coefficient (Wildman–Crippen LogP) is 2.64. The van der Waals surface area contributed by atoms with Crippen molar-refractivity contribution < 1.29 is 17.5 Å². The van der Waals surface area contributed by atoms with Gasteiger partial charge in [0.1, 0.15) is 23.8 Å². The van der Waals surface area contributed by atoms with E-state index in [2.05, 4.69) is 15.0 Å². The van der Waals surface area contributed by atoms with Crippen LogP contribution in [0.2, 0.25) is 0 Å². The number of ether oxygens (including phenoxy) is 1. The first-order valence-electron chi connectivity index (χ1n) is 10.7. The molecule has 1 saturated heterocycles. The summed E-state index contributed by atoms with van der Waals surface area (Å²) in [4.78, 5) is 15.4. The number of rotatable bonds is 6. The molecule has 11 heteroatoms. The van der Waals surface area contributed by atoms with E-state index in [1.165, 1.54) is 16.4 Å². The number of benzene rings is 1. The summed E-state index contributed by atoms with van der Waals surface area (Å²) in [5, 5.41) is 0. The molecule has 0 bridgehead atoms. The second kappa shape index (κ2) is 9.06. The Morgan fingerprint density at radius 2 is 1.73 bits per heavy atom. The molecule has 176 valence electrons. The highest BCUT2D eigenvalue weighted by molar-refractivity contribution is 7.89. The van der Waals surface area contributed by atoms with Crippen LogP contribution in [0.1, 0.15) is 24.1 Å². The third kappa shape index (κ3) is 4.55. The van der Waals surface area contributed by atoms with E-state index in [-0.39, 0.29) is 23.7 Å². The van der Waals surface area contributed by atoms with E-state index in [0.29, 0.717) is 25.5 Å². The molecule has 3 aromatic rings. The third-order valence-corrected chi connectivity index (χ3v) is 7.61. The molecule has 4 rings (SSSR count). The number of anilines is 1. The van der Waals surface area contributed by atoms with Crippen molar-refractivity contribution in [2.75, 3.05) is 37.7 Å². The van der Waals surface area contributed by atoms with Gasteiger partial charge in [0.05, 0.1) is 17.2 Å². The van der Waals surface area contributed by atoms with Crippen molar-refractivity contribution in [1.29, 1.82) is 0 Å². The van der Waals surface area contributed by atoms with Crippen molar-refractivity contribution in [2.24, 2.45) is 0 Å². The molecule has 0 aliphatic carbocycles. The average Bonchev–Trinajstić information content (AvgIpc) is 3.13. The molecular weight excluding hydrogens is 447 g/mol. The summed E-state index contributed by atoms with van der Waals surface area (Å²) in [6.07, 6.45) is 1.73.